The third-order valence-electron chi connectivity index (χ3n) is 3.29. The summed E-state index contributed by atoms with van der Waals surface area (Å²) in [6.07, 6.45) is 4.24. The van der Waals surface area contributed by atoms with Gasteiger partial charge in [0, 0.05) is 25.4 Å². The first-order valence-corrected chi connectivity index (χ1v) is 5.04. The molecule has 0 radical (unpaired) electrons. The Morgan fingerprint density at radius 1 is 1.47 bits per heavy atom. The highest BCUT2D eigenvalue weighted by Crippen LogP contribution is 2.52. The van der Waals surface area contributed by atoms with Gasteiger partial charge >= 0.3 is 0 Å². The van der Waals surface area contributed by atoms with Crippen LogP contribution in [0.3, 0.4) is 0 Å². The number of nitrogens with zero attached hydrogens (tertiary/aromatic N) is 3. The Balaban J connectivity index is 2.14. The van der Waals surface area contributed by atoms with Gasteiger partial charge in [-0.1, -0.05) is 0 Å². The van der Waals surface area contributed by atoms with Crippen LogP contribution in [0.15, 0.2) is 12.4 Å². The number of carbonyl (C=O) groups is 1. The average molecular weight is 204 g/mol. The van der Waals surface area contributed by atoms with Crippen molar-refractivity contribution in [2.24, 2.45) is 11.7 Å². The monoisotopic (exact) mass is 204 g/mol. The van der Waals surface area contributed by atoms with Crippen molar-refractivity contribution in [1.29, 1.82) is 0 Å². The van der Waals surface area contributed by atoms with Crippen LogP contribution < -0.4 is 10.6 Å². The number of hydrogen-bond acceptors (Lipinski definition) is 4. The second-order valence-corrected chi connectivity index (χ2v) is 4.19. The number of fused-ring (bicyclic) bond motifs is 3. The van der Waals surface area contributed by atoms with E-state index in [0.29, 0.717) is 11.7 Å². The van der Waals surface area contributed by atoms with E-state index < -0.39 is 6.04 Å². The summed E-state index contributed by atoms with van der Waals surface area (Å²) in [6.45, 7) is 0. The largest absolute Gasteiger partial charge is 0.320 e. The zero-order chi connectivity index (χ0) is 10.6. The van der Waals surface area contributed by atoms with Crippen molar-refractivity contribution in [2.75, 3.05) is 11.9 Å². The Morgan fingerprint density at radius 2 is 2.20 bits per heavy atom. The van der Waals surface area contributed by atoms with Gasteiger partial charge in [0.1, 0.15) is 0 Å². The predicted molar refractivity (Wildman–Crippen MR) is 54.3 cm³/mol. The molecule has 3 atom stereocenters. The first-order chi connectivity index (χ1) is 7.20. The van der Waals surface area contributed by atoms with E-state index in [1.165, 1.54) is 4.90 Å². The van der Waals surface area contributed by atoms with Crippen LogP contribution in [0, 0.1) is 5.92 Å². The highest BCUT2D eigenvalue weighted by Gasteiger charge is 2.51. The predicted octanol–water partition coefficient (Wildman–Crippen LogP) is -0.116. The topological polar surface area (TPSA) is 72.1 Å². The zero-order valence-electron chi connectivity index (χ0n) is 8.42. The third-order valence-corrected chi connectivity index (χ3v) is 3.29. The molecule has 2 heterocycles. The maximum atomic E-state index is 11.9. The maximum Gasteiger partial charge on any atom is 0.245 e. The van der Waals surface area contributed by atoms with E-state index in [4.69, 9.17) is 5.73 Å². The van der Waals surface area contributed by atoms with Crippen LogP contribution in [0.5, 0.6) is 0 Å². The van der Waals surface area contributed by atoms with E-state index in [2.05, 4.69) is 9.97 Å². The summed E-state index contributed by atoms with van der Waals surface area (Å²) in [5.74, 6) is 1.21. The van der Waals surface area contributed by atoms with Crippen molar-refractivity contribution in [3.05, 3.63) is 18.1 Å². The molecule has 0 saturated heterocycles. The quantitative estimate of drug-likeness (QED) is 0.639. The molecule has 3 rings (SSSR count). The number of anilines is 1. The van der Waals surface area contributed by atoms with E-state index in [9.17, 15) is 4.79 Å². The van der Waals surface area contributed by atoms with Crippen LogP contribution in [0.25, 0.3) is 0 Å². The summed E-state index contributed by atoms with van der Waals surface area (Å²) in [5, 5.41) is 0. The highest BCUT2D eigenvalue weighted by atomic mass is 16.2. The molecule has 0 bridgehead atoms. The molecule has 0 spiro atoms. The molecule has 5 nitrogen and oxygen atoms in total. The van der Waals surface area contributed by atoms with Crippen LogP contribution in [0.1, 0.15) is 18.0 Å². The van der Waals surface area contributed by atoms with Crippen molar-refractivity contribution < 1.29 is 4.79 Å². The van der Waals surface area contributed by atoms with Crippen LogP contribution >= 0.6 is 0 Å². The molecule has 1 aliphatic carbocycles. The number of nitrogens with two attached hydrogens (primary N) is 1. The van der Waals surface area contributed by atoms with Crippen LogP contribution in [-0.4, -0.2) is 29.0 Å². The lowest BCUT2D eigenvalue weighted by Crippen LogP contribution is -2.42. The van der Waals surface area contributed by atoms with Crippen LogP contribution in [-0.2, 0) is 4.79 Å². The fourth-order valence-corrected chi connectivity index (χ4v) is 2.30. The van der Waals surface area contributed by atoms with Gasteiger partial charge in [-0.2, -0.15) is 0 Å². The minimum absolute atomic E-state index is 0.0539. The summed E-state index contributed by atoms with van der Waals surface area (Å²) in [4.78, 5) is 21.9. The normalized spacial score (nSPS) is 33.1. The molecule has 1 fully saturated rings. The zero-order valence-corrected chi connectivity index (χ0v) is 8.42. The SMILES string of the molecule is CN1C(=O)[C@@H](N)C2C[C@H]2c2nccnc21. The Hall–Kier alpha value is -1.49. The lowest BCUT2D eigenvalue weighted by Gasteiger charge is -2.18. The summed E-state index contributed by atoms with van der Waals surface area (Å²) in [5.41, 5.74) is 6.81. The first-order valence-electron chi connectivity index (χ1n) is 5.04. The highest BCUT2D eigenvalue weighted by molar-refractivity contribution is 5.98. The number of amides is 1. The molecule has 2 N–H and O–H groups in total. The number of rotatable bonds is 0. The second kappa shape index (κ2) is 2.76. The lowest BCUT2D eigenvalue weighted by molar-refractivity contribution is -0.119. The molecule has 1 aromatic rings. The molecular weight excluding hydrogens is 192 g/mol. The molecule has 2 aliphatic rings. The maximum absolute atomic E-state index is 11.9. The van der Waals surface area contributed by atoms with Gasteiger partial charge in [-0.05, 0) is 12.3 Å². The van der Waals surface area contributed by atoms with Crippen LogP contribution in [0.4, 0.5) is 5.82 Å². The van der Waals surface area contributed by atoms with Crippen molar-refractivity contribution in [1.82, 2.24) is 9.97 Å². The Bertz CT molecular complexity index is 433. The van der Waals surface area contributed by atoms with Crippen molar-refractivity contribution in [3.63, 3.8) is 0 Å². The number of likely N-dealkylation sites (N-methyl/N-ethyl adjacent to an activating group) is 1. The van der Waals surface area contributed by atoms with Gasteiger partial charge in [0.15, 0.2) is 5.82 Å². The first kappa shape index (κ1) is 8.79. The molecule has 5 heteroatoms. The minimum atomic E-state index is -0.393. The number of hydrogen-bond donors (Lipinski definition) is 1. The number of carbonyl (C=O) groups excluding carboxylic acids is 1. The van der Waals surface area contributed by atoms with E-state index in [1.807, 2.05) is 0 Å². The average Bonchev–Trinajstić information content (AvgIpc) is 3.05. The molecule has 78 valence electrons. The van der Waals surface area contributed by atoms with Gasteiger partial charge in [-0.25, -0.2) is 4.98 Å². The molecule has 1 aliphatic heterocycles. The molecule has 0 aromatic carbocycles. The third kappa shape index (κ3) is 1.10. The summed E-state index contributed by atoms with van der Waals surface area (Å²) >= 11 is 0. The van der Waals surface area contributed by atoms with Crippen molar-refractivity contribution in [3.8, 4) is 0 Å². The Morgan fingerprint density at radius 3 is 3.00 bits per heavy atom. The fourth-order valence-electron chi connectivity index (χ4n) is 2.30. The molecule has 1 aromatic heterocycles. The van der Waals surface area contributed by atoms with Gasteiger partial charge < -0.3 is 5.73 Å². The summed E-state index contributed by atoms with van der Waals surface area (Å²) in [7, 11) is 1.71. The molecule has 1 saturated carbocycles. The molecule has 1 amide bonds. The van der Waals surface area contributed by atoms with Crippen molar-refractivity contribution >= 4 is 11.7 Å². The fraction of sp³-hybridized carbons (Fsp3) is 0.500. The van der Waals surface area contributed by atoms with Gasteiger partial charge in [-0.3, -0.25) is 14.7 Å². The van der Waals surface area contributed by atoms with Gasteiger partial charge in [0.05, 0.1) is 11.7 Å². The van der Waals surface area contributed by atoms with E-state index in [-0.39, 0.29) is 11.8 Å². The molecule has 1 unspecified atom stereocenters. The molecule has 15 heavy (non-hydrogen) atoms. The standard InChI is InChI=1S/C10H12N4O/c1-14-9-8(12-2-3-13-9)6-4-5(6)7(11)10(14)15/h2-3,5-7H,4,11H2,1H3/t5?,6-,7+/m1/s1. The van der Waals surface area contributed by atoms with Gasteiger partial charge in [-0.15, -0.1) is 0 Å². The van der Waals surface area contributed by atoms with Gasteiger partial charge in [0.25, 0.3) is 0 Å². The smallest absolute Gasteiger partial charge is 0.245 e. The molecular formula is C10H12N4O. The van der Waals surface area contributed by atoms with E-state index in [0.717, 1.165) is 12.1 Å². The Kier molecular flexibility index (Phi) is 1.62. The minimum Gasteiger partial charge on any atom is -0.320 e. The number of aromatic nitrogens is 2. The van der Waals surface area contributed by atoms with Gasteiger partial charge in [0.2, 0.25) is 5.91 Å². The van der Waals surface area contributed by atoms with Crippen molar-refractivity contribution in [2.45, 2.75) is 18.4 Å². The van der Waals surface area contributed by atoms with E-state index in [1.54, 1.807) is 19.4 Å². The van der Waals surface area contributed by atoms with E-state index >= 15 is 0 Å². The summed E-state index contributed by atoms with van der Waals surface area (Å²) < 4.78 is 0. The van der Waals surface area contributed by atoms with Crippen LogP contribution in [0.2, 0.25) is 0 Å². The second-order valence-electron chi connectivity index (χ2n) is 4.19. The summed E-state index contributed by atoms with van der Waals surface area (Å²) in [6, 6.07) is -0.393. The lowest BCUT2D eigenvalue weighted by atomic mass is 10.1. The Labute approximate surface area is 87.3 Å².